The second-order valence-corrected chi connectivity index (χ2v) is 4.93. The molecule has 0 saturated carbocycles. The van der Waals surface area contributed by atoms with E-state index >= 15 is 0 Å². The minimum Gasteiger partial charge on any atom is -0.348 e. The summed E-state index contributed by atoms with van der Waals surface area (Å²) in [6.07, 6.45) is 1.04. The van der Waals surface area contributed by atoms with E-state index in [-0.39, 0.29) is 11.9 Å². The Labute approximate surface area is 111 Å². The highest BCUT2D eigenvalue weighted by molar-refractivity contribution is 9.10. The first kappa shape index (κ1) is 14.2. The van der Waals surface area contributed by atoms with Crippen molar-refractivity contribution in [1.29, 1.82) is 0 Å². The normalized spacial score (nSPS) is 12.2. The van der Waals surface area contributed by atoms with Gasteiger partial charge in [0.1, 0.15) is 0 Å². The lowest BCUT2D eigenvalue weighted by Crippen LogP contribution is -2.35. The summed E-state index contributed by atoms with van der Waals surface area (Å²) in [6, 6.07) is 8.02. The minimum atomic E-state index is 0.0360. The lowest BCUT2D eigenvalue weighted by atomic mass is 10.1. The van der Waals surface area contributed by atoms with Crippen molar-refractivity contribution in [3.05, 3.63) is 34.3 Å². The van der Waals surface area contributed by atoms with Gasteiger partial charge in [-0.2, -0.15) is 0 Å². The maximum atomic E-state index is 11.6. The number of carbonyl (C=O) groups excluding carboxylic acids is 1. The molecule has 1 aromatic carbocycles. The van der Waals surface area contributed by atoms with E-state index in [0.29, 0.717) is 6.54 Å². The third-order valence-corrected chi connectivity index (χ3v) is 2.99. The van der Waals surface area contributed by atoms with Crippen molar-refractivity contribution in [3.8, 4) is 0 Å². The zero-order valence-electron chi connectivity index (χ0n) is 10.3. The van der Waals surface area contributed by atoms with Gasteiger partial charge in [0, 0.05) is 4.47 Å². The van der Waals surface area contributed by atoms with Gasteiger partial charge in [0.15, 0.2) is 0 Å². The van der Waals surface area contributed by atoms with Crippen molar-refractivity contribution in [2.75, 3.05) is 13.1 Å². The summed E-state index contributed by atoms with van der Waals surface area (Å²) in [7, 11) is 0. The molecule has 0 aromatic heterocycles. The summed E-state index contributed by atoms with van der Waals surface area (Å²) in [5.41, 5.74) is 1.11. The molecule has 94 valence electrons. The summed E-state index contributed by atoms with van der Waals surface area (Å²) in [4.78, 5) is 11.6. The quantitative estimate of drug-likeness (QED) is 0.793. The fraction of sp³-hybridized carbons (Fsp3) is 0.462. The summed E-state index contributed by atoms with van der Waals surface area (Å²) in [6.45, 7) is 5.32. The van der Waals surface area contributed by atoms with Crippen LogP contribution in [0.5, 0.6) is 0 Å². The van der Waals surface area contributed by atoms with Crippen LogP contribution < -0.4 is 10.6 Å². The second-order valence-electron chi connectivity index (χ2n) is 4.02. The first-order chi connectivity index (χ1) is 8.13. The SMILES string of the molecule is CCCNCC(=O)NC(C)c1ccc(Br)cc1. The van der Waals surface area contributed by atoms with Gasteiger partial charge >= 0.3 is 0 Å². The van der Waals surface area contributed by atoms with Gasteiger partial charge in [0.2, 0.25) is 5.91 Å². The van der Waals surface area contributed by atoms with E-state index in [4.69, 9.17) is 0 Å². The Morgan fingerprint density at radius 3 is 2.59 bits per heavy atom. The van der Waals surface area contributed by atoms with Gasteiger partial charge in [0.05, 0.1) is 12.6 Å². The first-order valence-corrected chi connectivity index (χ1v) is 6.68. The van der Waals surface area contributed by atoms with E-state index in [0.717, 1.165) is 23.0 Å². The van der Waals surface area contributed by atoms with Crippen LogP contribution in [0.4, 0.5) is 0 Å². The molecule has 0 aliphatic rings. The maximum Gasteiger partial charge on any atom is 0.234 e. The average Bonchev–Trinajstić information content (AvgIpc) is 2.30. The first-order valence-electron chi connectivity index (χ1n) is 5.89. The van der Waals surface area contributed by atoms with Gasteiger partial charge < -0.3 is 10.6 Å². The van der Waals surface area contributed by atoms with Crippen LogP contribution in [0.25, 0.3) is 0 Å². The highest BCUT2D eigenvalue weighted by Crippen LogP contribution is 2.16. The molecular weight excluding hydrogens is 280 g/mol. The van der Waals surface area contributed by atoms with E-state index < -0.39 is 0 Å². The topological polar surface area (TPSA) is 41.1 Å². The number of carbonyl (C=O) groups is 1. The summed E-state index contributed by atoms with van der Waals surface area (Å²) >= 11 is 3.39. The van der Waals surface area contributed by atoms with Crippen LogP contribution >= 0.6 is 15.9 Å². The number of rotatable bonds is 6. The summed E-state index contributed by atoms with van der Waals surface area (Å²) in [5, 5.41) is 6.04. The molecule has 1 unspecified atom stereocenters. The van der Waals surface area contributed by atoms with E-state index in [9.17, 15) is 4.79 Å². The van der Waals surface area contributed by atoms with E-state index in [2.05, 4.69) is 33.5 Å². The van der Waals surface area contributed by atoms with E-state index in [1.54, 1.807) is 0 Å². The number of hydrogen-bond donors (Lipinski definition) is 2. The molecule has 1 aromatic rings. The maximum absolute atomic E-state index is 11.6. The molecule has 4 heteroatoms. The number of nitrogens with one attached hydrogen (secondary N) is 2. The second kappa shape index (κ2) is 7.45. The largest absolute Gasteiger partial charge is 0.348 e. The van der Waals surface area contributed by atoms with Crippen molar-refractivity contribution in [2.45, 2.75) is 26.3 Å². The Balaban J connectivity index is 2.40. The number of hydrogen-bond acceptors (Lipinski definition) is 2. The number of benzene rings is 1. The molecule has 1 amide bonds. The zero-order chi connectivity index (χ0) is 12.7. The van der Waals surface area contributed by atoms with Crippen molar-refractivity contribution in [2.24, 2.45) is 0 Å². The van der Waals surface area contributed by atoms with E-state index in [1.807, 2.05) is 31.2 Å². The number of amides is 1. The molecule has 1 rings (SSSR count). The van der Waals surface area contributed by atoms with Crippen LogP contribution in [0.15, 0.2) is 28.7 Å². The van der Waals surface area contributed by atoms with Crippen molar-refractivity contribution in [3.63, 3.8) is 0 Å². The minimum absolute atomic E-state index is 0.0360. The molecule has 2 N–H and O–H groups in total. The molecule has 17 heavy (non-hydrogen) atoms. The van der Waals surface area contributed by atoms with E-state index in [1.165, 1.54) is 0 Å². The summed E-state index contributed by atoms with van der Waals surface area (Å²) in [5.74, 6) is 0.0360. The third kappa shape index (κ3) is 5.33. The van der Waals surface area contributed by atoms with Crippen LogP contribution in [0.3, 0.4) is 0 Å². The molecule has 1 atom stereocenters. The summed E-state index contributed by atoms with van der Waals surface area (Å²) < 4.78 is 1.05. The highest BCUT2D eigenvalue weighted by atomic mass is 79.9. The lowest BCUT2D eigenvalue weighted by Gasteiger charge is -2.14. The predicted octanol–water partition coefficient (Wildman–Crippen LogP) is 2.63. The molecule has 0 saturated heterocycles. The van der Waals surface area contributed by atoms with Crippen LogP contribution in [-0.4, -0.2) is 19.0 Å². The Hall–Kier alpha value is -0.870. The molecule has 0 bridgehead atoms. The van der Waals surface area contributed by atoms with Gasteiger partial charge in [-0.3, -0.25) is 4.79 Å². The van der Waals surface area contributed by atoms with Crippen LogP contribution in [0.1, 0.15) is 31.9 Å². The standard InChI is InChI=1S/C13H19BrN2O/c1-3-8-15-9-13(17)16-10(2)11-4-6-12(14)7-5-11/h4-7,10,15H,3,8-9H2,1-2H3,(H,16,17). The third-order valence-electron chi connectivity index (χ3n) is 2.46. The molecule has 0 radical (unpaired) electrons. The van der Waals surface area contributed by atoms with Crippen LogP contribution in [-0.2, 0) is 4.79 Å². The van der Waals surface area contributed by atoms with Gasteiger partial charge in [-0.1, -0.05) is 35.0 Å². The Bertz CT molecular complexity index is 351. The molecular formula is C13H19BrN2O. The number of halogens is 1. The Morgan fingerprint density at radius 2 is 2.00 bits per heavy atom. The highest BCUT2D eigenvalue weighted by Gasteiger charge is 2.08. The van der Waals surface area contributed by atoms with Crippen LogP contribution in [0, 0.1) is 0 Å². The molecule has 0 heterocycles. The van der Waals surface area contributed by atoms with Gasteiger partial charge in [-0.05, 0) is 37.6 Å². The molecule has 0 aliphatic heterocycles. The van der Waals surface area contributed by atoms with Crippen molar-refractivity contribution >= 4 is 21.8 Å². The van der Waals surface area contributed by atoms with Gasteiger partial charge in [0.25, 0.3) is 0 Å². The smallest absolute Gasteiger partial charge is 0.234 e. The fourth-order valence-corrected chi connectivity index (χ4v) is 1.77. The molecule has 3 nitrogen and oxygen atoms in total. The average molecular weight is 299 g/mol. The monoisotopic (exact) mass is 298 g/mol. The Morgan fingerprint density at radius 1 is 1.35 bits per heavy atom. The van der Waals surface area contributed by atoms with Crippen molar-refractivity contribution < 1.29 is 4.79 Å². The zero-order valence-corrected chi connectivity index (χ0v) is 11.9. The molecule has 0 fully saturated rings. The van der Waals surface area contributed by atoms with Crippen molar-refractivity contribution in [1.82, 2.24) is 10.6 Å². The predicted molar refractivity (Wildman–Crippen MR) is 73.9 cm³/mol. The molecule has 0 aliphatic carbocycles. The molecule has 0 spiro atoms. The van der Waals surface area contributed by atoms with Gasteiger partial charge in [-0.15, -0.1) is 0 Å². The lowest BCUT2D eigenvalue weighted by molar-refractivity contribution is -0.120. The fourth-order valence-electron chi connectivity index (χ4n) is 1.51. The van der Waals surface area contributed by atoms with Gasteiger partial charge in [-0.25, -0.2) is 0 Å². The Kier molecular flexibility index (Phi) is 6.22. The van der Waals surface area contributed by atoms with Crippen LogP contribution in [0.2, 0.25) is 0 Å².